The SMILES string of the molecule is CC(C)(C)OC(=O)N[C@@H](Cc1c[nH]c2ccccc12)C(=O)NCCC=CCCNC(=O)[C@H](Cc1c[nH]c2ccccc12)NC(=O)OC(C)(C)C. The number of benzene rings is 2. The van der Waals surface area contributed by atoms with Crippen molar-refractivity contribution in [3.8, 4) is 0 Å². The van der Waals surface area contributed by atoms with Gasteiger partial charge in [0, 0.05) is 60.1 Å². The zero-order chi connectivity index (χ0) is 36.3. The van der Waals surface area contributed by atoms with Crippen molar-refractivity contribution < 1.29 is 28.7 Å². The Bertz CT molecular complexity index is 1660. The van der Waals surface area contributed by atoms with Crippen LogP contribution in [-0.4, -0.2) is 70.3 Å². The van der Waals surface area contributed by atoms with Crippen LogP contribution in [0.2, 0.25) is 0 Å². The van der Waals surface area contributed by atoms with Gasteiger partial charge in [-0.2, -0.15) is 0 Å². The number of alkyl carbamates (subject to hydrolysis) is 2. The van der Waals surface area contributed by atoms with Crippen LogP contribution >= 0.6 is 0 Å². The third-order valence-corrected chi connectivity index (χ3v) is 7.60. The molecule has 0 fully saturated rings. The number of aromatic amines is 2. The van der Waals surface area contributed by atoms with Gasteiger partial charge in [0.05, 0.1) is 0 Å². The topological polar surface area (TPSA) is 166 Å². The predicted molar refractivity (Wildman–Crippen MR) is 195 cm³/mol. The molecule has 12 heteroatoms. The molecule has 0 spiro atoms. The van der Waals surface area contributed by atoms with Crippen molar-refractivity contribution in [3.05, 3.63) is 84.2 Å². The maximum atomic E-state index is 13.2. The van der Waals surface area contributed by atoms with Crippen LogP contribution in [0.15, 0.2) is 73.1 Å². The molecule has 268 valence electrons. The highest BCUT2D eigenvalue weighted by molar-refractivity contribution is 5.89. The summed E-state index contributed by atoms with van der Waals surface area (Å²) in [5.74, 6) is -0.638. The second kappa shape index (κ2) is 16.9. The van der Waals surface area contributed by atoms with Crippen LogP contribution in [0.25, 0.3) is 21.8 Å². The number of nitrogens with one attached hydrogen (secondary N) is 6. The standard InChI is InChI=1S/C38H50N6O6/c1-37(2,3)49-35(47)43-31(21-25-23-41-29-17-11-9-15-27(25)29)33(45)39-19-13-7-8-14-20-40-34(46)32(44-36(48)50-38(4,5)6)22-26-24-42-30-18-12-10-16-28(26)30/h7-12,15-18,23-24,31-32,41-42H,13-14,19-22H2,1-6H3,(H,39,45)(H,40,46)(H,43,47)(H,44,48)/t31-,32-/m0/s1. The van der Waals surface area contributed by atoms with E-state index in [9.17, 15) is 19.2 Å². The van der Waals surface area contributed by atoms with Gasteiger partial charge in [-0.05, 0) is 77.6 Å². The van der Waals surface area contributed by atoms with E-state index in [4.69, 9.17) is 9.47 Å². The maximum absolute atomic E-state index is 13.2. The van der Waals surface area contributed by atoms with Crippen LogP contribution < -0.4 is 21.3 Å². The molecular weight excluding hydrogens is 636 g/mol. The summed E-state index contributed by atoms with van der Waals surface area (Å²) in [5, 5.41) is 13.2. The molecule has 12 nitrogen and oxygen atoms in total. The van der Waals surface area contributed by atoms with E-state index in [1.807, 2.05) is 73.1 Å². The van der Waals surface area contributed by atoms with Crippen molar-refractivity contribution in [2.24, 2.45) is 0 Å². The molecule has 2 atom stereocenters. The molecule has 0 radical (unpaired) electrons. The van der Waals surface area contributed by atoms with E-state index in [1.165, 1.54) is 0 Å². The highest BCUT2D eigenvalue weighted by atomic mass is 16.6. The average molecular weight is 687 g/mol. The summed E-state index contributed by atoms with van der Waals surface area (Å²) in [6.45, 7) is 11.3. The highest BCUT2D eigenvalue weighted by Gasteiger charge is 2.27. The Labute approximate surface area is 293 Å². The number of ether oxygens (including phenoxy) is 2. The number of carbonyl (C=O) groups excluding carboxylic acids is 4. The number of fused-ring (bicyclic) bond motifs is 2. The summed E-state index contributed by atoms with van der Waals surface area (Å²) in [6.07, 6.45) is 7.89. The number of hydrogen-bond donors (Lipinski definition) is 6. The summed E-state index contributed by atoms with van der Waals surface area (Å²) >= 11 is 0. The number of carbonyl (C=O) groups is 4. The molecule has 0 aliphatic rings. The number of para-hydroxylation sites is 2. The summed E-state index contributed by atoms with van der Waals surface area (Å²) in [6, 6.07) is 13.9. The zero-order valence-electron chi connectivity index (χ0n) is 29.8. The number of amides is 4. The van der Waals surface area contributed by atoms with Crippen molar-refractivity contribution in [1.29, 1.82) is 0 Å². The van der Waals surface area contributed by atoms with Gasteiger partial charge in [-0.25, -0.2) is 9.59 Å². The molecule has 6 N–H and O–H groups in total. The number of rotatable bonds is 14. The second-order valence-corrected chi connectivity index (χ2v) is 14.2. The van der Waals surface area contributed by atoms with Crippen LogP contribution in [0, 0.1) is 0 Å². The highest BCUT2D eigenvalue weighted by Crippen LogP contribution is 2.21. The molecule has 0 aliphatic heterocycles. The van der Waals surface area contributed by atoms with Gasteiger partial charge in [0.25, 0.3) is 0 Å². The van der Waals surface area contributed by atoms with Crippen molar-refractivity contribution in [1.82, 2.24) is 31.2 Å². The van der Waals surface area contributed by atoms with E-state index in [2.05, 4.69) is 31.2 Å². The Morgan fingerprint density at radius 1 is 0.640 bits per heavy atom. The summed E-state index contributed by atoms with van der Waals surface area (Å²) in [5.41, 5.74) is 2.30. The Hall–Kier alpha value is -5.26. The molecule has 0 saturated heterocycles. The van der Waals surface area contributed by atoms with Crippen molar-refractivity contribution >= 4 is 45.8 Å². The third-order valence-electron chi connectivity index (χ3n) is 7.60. The van der Waals surface area contributed by atoms with E-state index in [0.29, 0.717) is 25.9 Å². The van der Waals surface area contributed by atoms with Gasteiger partial charge in [0.2, 0.25) is 11.8 Å². The predicted octanol–water partition coefficient (Wildman–Crippen LogP) is 5.79. The minimum absolute atomic E-state index is 0.286. The van der Waals surface area contributed by atoms with E-state index in [0.717, 1.165) is 32.9 Å². The lowest BCUT2D eigenvalue weighted by molar-refractivity contribution is -0.123. The van der Waals surface area contributed by atoms with Gasteiger partial charge < -0.3 is 40.7 Å². The summed E-state index contributed by atoms with van der Waals surface area (Å²) < 4.78 is 10.8. The van der Waals surface area contributed by atoms with E-state index < -0.39 is 35.5 Å². The molecule has 2 aromatic carbocycles. The minimum Gasteiger partial charge on any atom is -0.444 e. The first-order valence-electron chi connectivity index (χ1n) is 17.0. The minimum atomic E-state index is -0.838. The van der Waals surface area contributed by atoms with Gasteiger partial charge in [-0.3, -0.25) is 9.59 Å². The van der Waals surface area contributed by atoms with Crippen LogP contribution in [0.3, 0.4) is 0 Å². The number of aromatic nitrogens is 2. The van der Waals surface area contributed by atoms with Crippen LogP contribution in [0.5, 0.6) is 0 Å². The zero-order valence-corrected chi connectivity index (χ0v) is 29.8. The largest absolute Gasteiger partial charge is 0.444 e. The fourth-order valence-electron chi connectivity index (χ4n) is 5.40. The molecule has 4 aromatic rings. The Kier molecular flexibility index (Phi) is 12.7. The van der Waals surface area contributed by atoms with Gasteiger partial charge in [0.1, 0.15) is 23.3 Å². The van der Waals surface area contributed by atoms with Crippen molar-refractivity contribution in [2.75, 3.05) is 13.1 Å². The molecule has 4 rings (SSSR count). The quantitative estimate of drug-likeness (QED) is 0.0726. The van der Waals surface area contributed by atoms with E-state index in [1.54, 1.807) is 41.5 Å². The lowest BCUT2D eigenvalue weighted by atomic mass is 10.0. The monoisotopic (exact) mass is 686 g/mol. The van der Waals surface area contributed by atoms with Crippen LogP contribution in [0.1, 0.15) is 65.5 Å². The first-order valence-corrected chi connectivity index (χ1v) is 17.0. The van der Waals surface area contributed by atoms with Crippen LogP contribution in [-0.2, 0) is 31.9 Å². The average Bonchev–Trinajstić information content (AvgIpc) is 3.63. The van der Waals surface area contributed by atoms with Crippen molar-refractivity contribution in [2.45, 2.75) is 90.5 Å². The van der Waals surface area contributed by atoms with Gasteiger partial charge in [-0.15, -0.1) is 0 Å². The molecule has 0 saturated carbocycles. The lowest BCUT2D eigenvalue weighted by Gasteiger charge is -2.23. The first-order chi connectivity index (χ1) is 23.7. The smallest absolute Gasteiger partial charge is 0.408 e. The molecule has 0 aliphatic carbocycles. The fraction of sp³-hybridized carbons (Fsp3) is 0.421. The third kappa shape index (κ3) is 11.7. The van der Waals surface area contributed by atoms with Gasteiger partial charge in [0.15, 0.2) is 0 Å². The second-order valence-electron chi connectivity index (χ2n) is 14.2. The Morgan fingerprint density at radius 2 is 1.02 bits per heavy atom. The van der Waals surface area contributed by atoms with E-state index in [-0.39, 0.29) is 24.7 Å². The molecule has 2 heterocycles. The molecule has 2 aromatic heterocycles. The molecule has 50 heavy (non-hydrogen) atoms. The number of H-pyrrole nitrogens is 2. The maximum Gasteiger partial charge on any atom is 0.408 e. The Balaban J connectivity index is 1.26. The van der Waals surface area contributed by atoms with Gasteiger partial charge >= 0.3 is 12.2 Å². The lowest BCUT2D eigenvalue weighted by Crippen LogP contribution is -2.49. The summed E-state index contributed by atoms with van der Waals surface area (Å²) in [7, 11) is 0. The van der Waals surface area contributed by atoms with Crippen LogP contribution in [0.4, 0.5) is 9.59 Å². The first kappa shape index (κ1) is 37.6. The fourth-order valence-corrected chi connectivity index (χ4v) is 5.40. The molecular formula is C38H50N6O6. The molecule has 4 amide bonds. The molecule has 0 bridgehead atoms. The van der Waals surface area contributed by atoms with E-state index >= 15 is 0 Å². The Morgan fingerprint density at radius 3 is 1.40 bits per heavy atom. The van der Waals surface area contributed by atoms with Crippen molar-refractivity contribution in [3.63, 3.8) is 0 Å². The normalized spacial score (nSPS) is 13.2. The number of hydrogen-bond acceptors (Lipinski definition) is 6. The molecule has 0 unspecified atom stereocenters. The summed E-state index contributed by atoms with van der Waals surface area (Å²) in [4.78, 5) is 58.0. The van der Waals surface area contributed by atoms with Gasteiger partial charge in [-0.1, -0.05) is 48.6 Å².